The van der Waals surface area contributed by atoms with E-state index in [0.29, 0.717) is 19.0 Å². The van der Waals surface area contributed by atoms with E-state index in [1.807, 2.05) is 27.0 Å². The highest BCUT2D eigenvalue weighted by molar-refractivity contribution is 7.11. The Morgan fingerprint density at radius 2 is 2.04 bits per heavy atom. The number of carbonyl (C=O) groups excluding carboxylic acids is 1. The lowest BCUT2D eigenvalue weighted by Gasteiger charge is -2.24. The Kier molecular flexibility index (Phi) is 8.02. The van der Waals surface area contributed by atoms with E-state index in [1.54, 1.807) is 18.4 Å². The van der Waals surface area contributed by atoms with Gasteiger partial charge in [-0.15, -0.1) is 11.3 Å². The van der Waals surface area contributed by atoms with Crippen molar-refractivity contribution in [2.75, 3.05) is 26.7 Å². The van der Waals surface area contributed by atoms with Crippen LogP contribution in [-0.2, 0) is 17.6 Å². The third kappa shape index (κ3) is 6.56. The Balaban J connectivity index is 2.38. The van der Waals surface area contributed by atoms with Crippen LogP contribution in [0.15, 0.2) is 11.2 Å². The number of carbonyl (C=O) groups is 1. The van der Waals surface area contributed by atoms with Crippen LogP contribution in [0, 0.1) is 5.41 Å². The van der Waals surface area contributed by atoms with E-state index in [1.165, 1.54) is 4.88 Å². The van der Waals surface area contributed by atoms with Gasteiger partial charge < -0.3 is 16.0 Å². The number of thiazole rings is 1. The van der Waals surface area contributed by atoms with Crippen LogP contribution in [0.2, 0.25) is 0 Å². The molecule has 0 radical (unpaired) electrons. The molecule has 0 unspecified atom stereocenters. The molecule has 6 nitrogen and oxygen atoms in total. The molecule has 1 aromatic rings. The molecule has 0 aliphatic rings. The Labute approximate surface area is 143 Å². The van der Waals surface area contributed by atoms with Crippen molar-refractivity contribution in [1.82, 2.24) is 20.9 Å². The number of amides is 1. The first-order valence-electron chi connectivity index (χ1n) is 8.09. The molecule has 1 rings (SSSR count). The van der Waals surface area contributed by atoms with Gasteiger partial charge in [-0.2, -0.15) is 0 Å². The minimum absolute atomic E-state index is 0.0397. The molecular formula is C16H29N5OS. The Morgan fingerprint density at radius 1 is 1.30 bits per heavy atom. The number of guanidine groups is 1. The van der Waals surface area contributed by atoms with Crippen LogP contribution in [0.4, 0.5) is 0 Å². The average Bonchev–Trinajstić information content (AvgIpc) is 2.98. The number of nitrogens with zero attached hydrogens (tertiary/aromatic N) is 2. The summed E-state index contributed by atoms with van der Waals surface area (Å²) in [6.45, 7) is 9.82. The van der Waals surface area contributed by atoms with Crippen LogP contribution in [0.25, 0.3) is 0 Å². The maximum Gasteiger partial charge on any atom is 0.227 e. The lowest BCUT2D eigenvalue weighted by atomic mass is 9.92. The second-order valence-corrected chi connectivity index (χ2v) is 7.12. The first-order valence-corrected chi connectivity index (χ1v) is 8.91. The van der Waals surface area contributed by atoms with Crippen molar-refractivity contribution < 1.29 is 4.79 Å². The molecule has 23 heavy (non-hydrogen) atoms. The van der Waals surface area contributed by atoms with E-state index in [9.17, 15) is 4.79 Å². The van der Waals surface area contributed by atoms with Crippen molar-refractivity contribution in [3.63, 3.8) is 0 Å². The molecule has 0 aliphatic carbocycles. The molecule has 1 aromatic heterocycles. The third-order valence-corrected chi connectivity index (χ3v) is 4.66. The third-order valence-electron chi connectivity index (χ3n) is 3.45. The molecule has 7 heteroatoms. The number of aryl methyl sites for hydroxylation is 1. The molecule has 0 atom stereocenters. The summed E-state index contributed by atoms with van der Waals surface area (Å²) in [5, 5.41) is 10.5. The van der Waals surface area contributed by atoms with E-state index < -0.39 is 5.41 Å². The van der Waals surface area contributed by atoms with E-state index in [-0.39, 0.29) is 5.91 Å². The molecule has 0 aliphatic heterocycles. The minimum Gasteiger partial charge on any atom is -0.356 e. The summed E-state index contributed by atoms with van der Waals surface area (Å²) in [7, 11) is 1.73. The Morgan fingerprint density at radius 3 is 2.61 bits per heavy atom. The van der Waals surface area contributed by atoms with Gasteiger partial charge in [0, 0.05) is 44.2 Å². The van der Waals surface area contributed by atoms with Crippen LogP contribution in [0.3, 0.4) is 0 Å². The van der Waals surface area contributed by atoms with Gasteiger partial charge in [0.1, 0.15) is 0 Å². The molecule has 0 saturated carbocycles. The van der Waals surface area contributed by atoms with Crippen LogP contribution in [-0.4, -0.2) is 43.5 Å². The minimum atomic E-state index is -0.487. The van der Waals surface area contributed by atoms with Gasteiger partial charge in [0.05, 0.1) is 10.4 Å². The molecular weight excluding hydrogens is 310 g/mol. The molecule has 130 valence electrons. The maximum absolute atomic E-state index is 12.0. The van der Waals surface area contributed by atoms with Gasteiger partial charge >= 0.3 is 0 Å². The highest BCUT2D eigenvalue weighted by Gasteiger charge is 2.27. The van der Waals surface area contributed by atoms with Gasteiger partial charge in [-0.1, -0.05) is 6.92 Å². The van der Waals surface area contributed by atoms with Crippen molar-refractivity contribution in [2.45, 2.75) is 40.5 Å². The molecule has 0 aromatic carbocycles. The van der Waals surface area contributed by atoms with Crippen LogP contribution >= 0.6 is 11.3 Å². The monoisotopic (exact) mass is 339 g/mol. The van der Waals surface area contributed by atoms with E-state index in [2.05, 4.69) is 32.9 Å². The number of aromatic nitrogens is 1. The predicted molar refractivity (Wildman–Crippen MR) is 97.0 cm³/mol. The quantitative estimate of drug-likeness (QED) is 0.496. The highest BCUT2D eigenvalue weighted by Crippen LogP contribution is 2.14. The Bertz CT molecular complexity index is 524. The fourth-order valence-electron chi connectivity index (χ4n) is 1.92. The summed E-state index contributed by atoms with van der Waals surface area (Å²) in [4.78, 5) is 21.9. The molecule has 0 spiro atoms. The van der Waals surface area contributed by atoms with Crippen molar-refractivity contribution >= 4 is 23.2 Å². The second kappa shape index (κ2) is 9.50. The van der Waals surface area contributed by atoms with E-state index in [4.69, 9.17) is 0 Å². The summed E-state index contributed by atoms with van der Waals surface area (Å²) in [6, 6.07) is 0. The van der Waals surface area contributed by atoms with Gasteiger partial charge in [-0.3, -0.25) is 9.79 Å². The zero-order valence-electron chi connectivity index (χ0n) is 14.8. The SMILES string of the molecule is CCNC(=O)C(C)(C)CNC(=NC)NCCc1ncc(CC)s1. The van der Waals surface area contributed by atoms with Crippen LogP contribution in [0.5, 0.6) is 0 Å². The number of nitrogens with one attached hydrogen (secondary N) is 3. The normalized spacial score (nSPS) is 12.1. The molecule has 3 N–H and O–H groups in total. The lowest BCUT2D eigenvalue weighted by molar-refractivity contribution is -0.128. The first kappa shape index (κ1) is 19.4. The number of hydrogen-bond acceptors (Lipinski definition) is 4. The largest absolute Gasteiger partial charge is 0.356 e. The summed E-state index contributed by atoms with van der Waals surface area (Å²) in [6.07, 6.45) is 3.84. The summed E-state index contributed by atoms with van der Waals surface area (Å²) >= 11 is 1.75. The number of aliphatic imine (C=N–C) groups is 1. The Hall–Kier alpha value is -1.63. The van der Waals surface area contributed by atoms with Gasteiger partial charge in [0.2, 0.25) is 5.91 Å². The van der Waals surface area contributed by atoms with Crippen molar-refractivity contribution in [1.29, 1.82) is 0 Å². The van der Waals surface area contributed by atoms with Crippen molar-refractivity contribution in [2.24, 2.45) is 10.4 Å². The topological polar surface area (TPSA) is 78.4 Å². The van der Waals surface area contributed by atoms with Gasteiger partial charge in [0.25, 0.3) is 0 Å². The van der Waals surface area contributed by atoms with E-state index in [0.717, 1.165) is 24.4 Å². The van der Waals surface area contributed by atoms with E-state index >= 15 is 0 Å². The fraction of sp³-hybridized carbons (Fsp3) is 0.688. The highest BCUT2D eigenvalue weighted by atomic mass is 32.1. The van der Waals surface area contributed by atoms with Crippen molar-refractivity contribution in [3.8, 4) is 0 Å². The summed E-state index contributed by atoms with van der Waals surface area (Å²) in [5.74, 6) is 0.743. The second-order valence-electron chi connectivity index (χ2n) is 5.92. The molecule has 0 saturated heterocycles. The molecule has 1 amide bonds. The average molecular weight is 340 g/mol. The van der Waals surface area contributed by atoms with Crippen LogP contribution < -0.4 is 16.0 Å². The van der Waals surface area contributed by atoms with Gasteiger partial charge in [0.15, 0.2) is 5.96 Å². The maximum atomic E-state index is 12.0. The zero-order valence-corrected chi connectivity index (χ0v) is 15.6. The zero-order chi connectivity index (χ0) is 17.3. The standard InChI is InChI=1S/C16H29N5OS/c1-6-12-10-20-13(23-12)8-9-19-15(17-5)21-11-16(3,4)14(22)18-7-2/h10H,6-9,11H2,1-5H3,(H,18,22)(H2,17,19,21). The summed E-state index contributed by atoms with van der Waals surface area (Å²) in [5.41, 5.74) is -0.487. The summed E-state index contributed by atoms with van der Waals surface area (Å²) < 4.78 is 0. The predicted octanol–water partition coefficient (Wildman–Crippen LogP) is 1.58. The van der Waals surface area contributed by atoms with Crippen molar-refractivity contribution in [3.05, 3.63) is 16.1 Å². The van der Waals surface area contributed by atoms with Gasteiger partial charge in [-0.25, -0.2) is 4.98 Å². The molecule has 0 fully saturated rings. The fourth-order valence-corrected chi connectivity index (χ4v) is 2.78. The first-order chi connectivity index (χ1) is 10.9. The number of hydrogen-bond donors (Lipinski definition) is 3. The molecule has 1 heterocycles. The number of rotatable bonds is 8. The van der Waals surface area contributed by atoms with Gasteiger partial charge in [-0.05, 0) is 27.2 Å². The lowest BCUT2D eigenvalue weighted by Crippen LogP contribution is -2.48. The molecule has 0 bridgehead atoms. The van der Waals surface area contributed by atoms with Crippen LogP contribution in [0.1, 0.15) is 37.6 Å². The smallest absolute Gasteiger partial charge is 0.227 e.